The van der Waals surface area contributed by atoms with Crippen molar-refractivity contribution in [2.24, 2.45) is 11.1 Å². The molecule has 1 saturated carbocycles. The fourth-order valence-electron chi connectivity index (χ4n) is 1.58. The molecule has 0 saturated heterocycles. The predicted molar refractivity (Wildman–Crippen MR) is 44.0 cm³/mol. The molecule has 11 heavy (non-hydrogen) atoms. The molecule has 1 fully saturated rings. The lowest BCUT2D eigenvalue weighted by Crippen LogP contribution is -2.49. The van der Waals surface area contributed by atoms with Gasteiger partial charge in [-0.15, -0.1) is 0 Å². The predicted octanol–water partition coefficient (Wildman–Crippen LogP) is 0.204. The lowest BCUT2D eigenvalue weighted by molar-refractivity contribution is -0.143. The molecule has 3 nitrogen and oxygen atoms in total. The fourth-order valence-corrected chi connectivity index (χ4v) is 1.58. The van der Waals surface area contributed by atoms with Crippen molar-refractivity contribution >= 4 is 5.91 Å². The minimum atomic E-state index is -0.191. The van der Waals surface area contributed by atoms with E-state index in [1.807, 2.05) is 0 Å². The van der Waals surface area contributed by atoms with Crippen LogP contribution in [0.15, 0.2) is 0 Å². The number of carbonyl (C=O) groups excluding carboxylic acids is 1. The average molecular weight is 156 g/mol. The number of nitrogens with zero attached hydrogens (tertiary/aromatic N) is 1. The molecule has 1 rings (SSSR count). The summed E-state index contributed by atoms with van der Waals surface area (Å²) in [6.45, 7) is 0.504. The molecule has 0 aromatic rings. The van der Waals surface area contributed by atoms with Gasteiger partial charge in [-0.2, -0.15) is 0 Å². The van der Waals surface area contributed by atoms with Gasteiger partial charge in [-0.25, -0.2) is 0 Å². The zero-order valence-electron chi connectivity index (χ0n) is 7.26. The molecule has 1 aliphatic rings. The van der Waals surface area contributed by atoms with Crippen molar-refractivity contribution < 1.29 is 4.79 Å². The molecule has 0 bridgehead atoms. The quantitative estimate of drug-likeness (QED) is 0.621. The van der Waals surface area contributed by atoms with Gasteiger partial charge in [0.05, 0.1) is 5.41 Å². The van der Waals surface area contributed by atoms with Gasteiger partial charge in [0.2, 0.25) is 5.91 Å². The van der Waals surface area contributed by atoms with Crippen LogP contribution in [0.2, 0.25) is 0 Å². The van der Waals surface area contributed by atoms with E-state index < -0.39 is 0 Å². The van der Waals surface area contributed by atoms with E-state index in [4.69, 9.17) is 5.73 Å². The third kappa shape index (κ3) is 1.25. The molecule has 0 unspecified atom stereocenters. The Morgan fingerprint density at radius 1 is 1.55 bits per heavy atom. The highest BCUT2D eigenvalue weighted by Gasteiger charge is 2.43. The fraction of sp³-hybridized carbons (Fsp3) is 0.875. The van der Waals surface area contributed by atoms with Crippen LogP contribution in [0.1, 0.15) is 19.3 Å². The second kappa shape index (κ2) is 2.81. The third-order valence-electron chi connectivity index (χ3n) is 2.56. The maximum Gasteiger partial charge on any atom is 0.229 e. The van der Waals surface area contributed by atoms with Gasteiger partial charge in [0.25, 0.3) is 0 Å². The maximum atomic E-state index is 11.5. The average Bonchev–Trinajstić information content (AvgIpc) is 1.86. The smallest absolute Gasteiger partial charge is 0.229 e. The van der Waals surface area contributed by atoms with Crippen LogP contribution in [-0.2, 0) is 4.79 Å². The highest BCUT2D eigenvalue weighted by molar-refractivity contribution is 5.83. The van der Waals surface area contributed by atoms with E-state index in [1.54, 1.807) is 19.0 Å². The Morgan fingerprint density at radius 3 is 2.18 bits per heavy atom. The van der Waals surface area contributed by atoms with Crippen LogP contribution in [0.3, 0.4) is 0 Å². The summed E-state index contributed by atoms with van der Waals surface area (Å²) in [6, 6.07) is 0. The monoisotopic (exact) mass is 156 g/mol. The van der Waals surface area contributed by atoms with Crippen molar-refractivity contribution in [1.29, 1.82) is 0 Å². The molecule has 1 amide bonds. The van der Waals surface area contributed by atoms with Gasteiger partial charge in [-0.1, -0.05) is 6.42 Å². The zero-order chi connectivity index (χ0) is 8.48. The highest BCUT2D eigenvalue weighted by atomic mass is 16.2. The second-order valence-corrected chi connectivity index (χ2v) is 3.54. The van der Waals surface area contributed by atoms with Gasteiger partial charge < -0.3 is 10.6 Å². The van der Waals surface area contributed by atoms with Crippen molar-refractivity contribution in [2.45, 2.75) is 19.3 Å². The third-order valence-corrected chi connectivity index (χ3v) is 2.56. The van der Waals surface area contributed by atoms with Crippen LogP contribution >= 0.6 is 0 Å². The molecule has 64 valence electrons. The summed E-state index contributed by atoms with van der Waals surface area (Å²) in [7, 11) is 3.58. The van der Waals surface area contributed by atoms with Crippen LogP contribution < -0.4 is 5.73 Å². The molecule has 0 atom stereocenters. The summed E-state index contributed by atoms with van der Waals surface area (Å²) in [5.74, 6) is 0.200. The molecule has 0 heterocycles. The number of hydrogen-bond acceptors (Lipinski definition) is 2. The van der Waals surface area contributed by atoms with Crippen LogP contribution in [0, 0.1) is 5.41 Å². The molecule has 0 aromatic carbocycles. The van der Waals surface area contributed by atoms with Crippen molar-refractivity contribution in [3.8, 4) is 0 Å². The lowest BCUT2D eigenvalue weighted by Gasteiger charge is -2.40. The van der Waals surface area contributed by atoms with Gasteiger partial charge in [0.1, 0.15) is 0 Å². The van der Waals surface area contributed by atoms with Crippen LogP contribution in [0.5, 0.6) is 0 Å². The number of rotatable bonds is 2. The Morgan fingerprint density at radius 2 is 2.09 bits per heavy atom. The van der Waals surface area contributed by atoms with Crippen molar-refractivity contribution in [3.05, 3.63) is 0 Å². The summed E-state index contributed by atoms with van der Waals surface area (Å²) >= 11 is 0. The van der Waals surface area contributed by atoms with E-state index in [9.17, 15) is 4.79 Å². The Labute approximate surface area is 67.5 Å². The summed E-state index contributed by atoms with van der Waals surface area (Å²) in [4.78, 5) is 13.2. The van der Waals surface area contributed by atoms with Gasteiger partial charge in [-0.05, 0) is 12.8 Å². The summed E-state index contributed by atoms with van der Waals surface area (Å²) in [5, 5.41) is 0. The van der Waals surface area contributed by atoms with Crippen molar-refractivity contribution in [2.75, 3.05) is 20.6 Å². The summed E-state index contributed by atoms with van der Waals surface area (Å²) in [5.41, 5.74) is 5.37. The minimum absolute atomic E-state index is 0.191. The molecule has 0 aromatic heterocycles. The topological polar surface area (TPSA) is 46.3 Å². The molecule has 0 aliphatic heterocycles. The van der Waals surface area contributed by atoms with Crippen molar-refractivity contribution in [1.82, 2.24) is 4.90 Å². The normalized spacial score (nSPS) is 20.6. The Bertz CT molecular complexity index is 156. The van der Waals surface area contributed by atoms with Gasteiger partial charge >= 0.3 is 0 Å². The second-order valence-electron chi connectivity index (χ2n) is 3.54. The minimum Gasteiger partial charge on any atom is -0.348 e. The molecular formula is C8H16N2O. The first kappa shape index (κ1) is 8.53. The first-order valence-electron chi connectivity index (χ1n) is 4.04. The van der Waals surface area contributed by atoms with E-state index in [-0.39, 0.29) is 11.3 Å². The molecule has 3 heteroatoms. The van der Waals surface area contributed by atoms with Crippen LogP contribution in [0.4, 0.5) is 0 Å². The molecule has 1 aliphatic carbocycles. The largest absolute Gasteiger partial charge is 0.348 e. The highest BCUT2D eigenvalue weighted by Crippen LogP contribution is 2.40. The van der Waals surface area contributed by atoms with E-state index >= 15 is 0 Å². The van der Waals surface area contributed by atoms with Crippen LogP contribution in [0.25, 0.3) is 0 Å². The number of hydrogen-bond donors (Lipinski definition) is 1. The standard InChI is InChI=1S/C8H16N2O/c1-10(2)7(11)8(6-9)4-3-5-8/h3-6,9H2,1-2H3. The Kier molecular flexibility index (Phi) is 2.18. The number of amides is 1. The summed E-state index contributed by atoms with van der Waals surface area (Å²) < 4.78 is 0. The van der Waals surface area contributed by atoms with Crippen molar-refractivity contribution in [3.63, 3.8) is 0 Å². The number of carbonyl (C=O) groups is 1. The van der Waals surface area contributed by atoms with E-state index in [0.717, 1.165) is 19.3 Å². The van der Waals surface area contributed by atoms with Gasteiger partial charge in [0.15, 0.2) is 0 Å². The van der Waals surface area contributed by atoms with Gasteiger partial charge in [-0.3, -0.25) is 4.79 Å². The van der Waals surface area contributed by atoms with E-state index in [2.05, 4.69) is 0 Å². The molecule has 0 radical (unpaired) electrons. The summed E-state index contributed by atoms with van der Waals surface area (Å²) in [6.07, 6.45) is 3.10. The zero-order valence-corrected chi connectivity index (χ0v) is 7.26. The van der Waals surface area contributed by atoms with E-state index in [1.165, 1.54) is 0 Å². The first-order valence-corrected chi connectivity index (χ1v) is 4.04. The molecular weight excluding hydrogens is 140 g/mol. The first-order chi connectivity index (χ1) is 5.12. The Balaban J connectivity index is 2.62. The molecule has 0 spiro atoms. The molecule has 2 N–H and O–H groups in total. The SMILES string of the molecule is CN(C)C(=O)C1(CN)CCC1. The Hall–Kier alpha value is -0.570. The van der Waals surface area contributed by atoms with Gasteiger partial charge in [0, 0.05) is 20.6 Å². The number of nitrogens with two attached hydrogens (primary N) is 1. The maximum absolute atomic E-state index is 11.5. The van der Waals surface area contributed by atoms with Crippen LogP contribution in [-0.4, -0.2) is 31.4 Å². The lowest BCUT2D eigenvalue weighted by atomic mass is 9.68. The van der Waals surface area contributed by atoms with E-state index in [0.29, 0.717) is 6.54 Å².